The Balaban J connectivity index is 1.55. The summed E-state index contributed by atoms with van der Waals surface area (Å²) in [6, 6.07) is 11.3. The van der Waals surface area contributed by atoms with E-state index < -0.39 is 24.5 Å². The number of aromatic carboxylic acids is 1. The van der Waals surface area contributed by atoms with Gasteiger partial charge < -0.3 is 20.1 Å². The normalized spacial score (nSPS) is 13.4. The first-order valence-electron chi connectivity index (χ1n) is 9.92. The fourth-order valence-electron chi connectivity index (χ4n) is 3.70. The van der Waals surface area contributed by atoms with Crippen LogP contribution in [0.1, 0.15) is 32.0 Å². The maximum absolute atomic E-state index is 13.1. The minimum atomic E-state index is -1.15. The van der Waals surface area contributed by atoms with Crippen LogP contribution in [0.25, 0.3) is 10.9 Å². The predicted molar refractivity (Wildman–Crippen MR) is 119 cm³/mol. The van der Waals surface area contributed by atoms with Gasteiger partial charge in [0.25, 0.3) is 5.91 Å². The molecule has 0 aliphatic carbocycles. The molecule has 164 valence electrons. The number of pyridine rings is 1. The van der Waals surface area contributed by atoms with Crippen LogP contribution in [0.5, 0.6) is 0 Å². The highest BCUT2D eigenvalue weighted by Crippen LogP contribution is 2.28. The summed E-state index contributed by atoms with van der Waals surface area (Å²) < 4.78 is 5.33. The summed E-state index contributed by atoms with van der Waals surface area (Å²) in [6.45, 7) is 0.848. The summed E-state index contributed by atoms with van der Waals surface area (Å²) in [5.41, 5.74) is 2.87. The van der Waals surface area contributed by atoms with Crippen LogP contribution >= 0.6 is 11.6 Å². The molecule has 1 amide bonds. The second-order valence-corrected chi connectivity index (χ2v) is 7.95. The summed E-state index contributed by atoms with van der Waals surface area (Å²) >= 11 is 6.03. The van der Waals surface area contributed by atoms with Gasteiger partial charge in [0.15, 0.2) is 6.61 Å². The first-order valence-corrected chi connectivity index (χ1v) is 10.3. The molecule has 9 heteroatoms. The number of carbonyl (C=O) groups is 3. The first-order chi connectivity index (χ1) is 15.3. The van der Waals surface area contributed by atoms with Crippen molar-refractivity contribution in [3.8, 4) is 0 Å². The number of amides is 1. The molecule has 2 N–H and O–H groups in total. The van der Waals surface area contributed by atoms with Crippen LogP contribution in [0.15, 0.2) is 42.5 Å². The van der Waals surface area contributed by atoms with E-state index in [0.29, 0.717) is 23.0 Å². The lowest BCUT2D eigenvalue weighted by molar-refractivity contribution is -0.119. The number of hydrogen-bond donors (Lipinski definition) is 2. The zero-order valence-electron chi connectivity index (χ0n) is 17.2. The quantitative estimate of drug-likeness (QED) is 0.570. The van der Waals surface area contributed by atoms with E-state index in [4.69, 9.17) is 26.4 Å². The summed E-state index contributed by atoms with van der Waals surface area (Å²) in [4.78, 5) is 43.4. The molecule has 0 bridgehead atoms. The topological polar surface area (TPSA) is 109 Å². The van der Waals surface area contributed by atoms with Crippen molar-refractivity contribution in [2.75, 3.05) is 25.5 Å². The maximum atomic E-state index is 13.1. The summed E-state index contributed by atoms with van der Waals surface area (Å²) in [5.74, 6) is -2.40. The van der Waals surface area contributed by atoms with Gasteiger partial charge in [-0.1, -0.05) is 29.8 Å². The number of fused-ring (bicyclic) bond motifs is 2. The number of para-hydroxylation sites is 1. The van der Waals surface area contributed by atoms with Crippen LogP contribution in [-0.2, 0) is 22.5 Å². The van der Waals surface area contributed by atoms with Gasteiger partial charge in [0.05, 0.1) is 27.4 Å². The van der Waals surface area contributed by atoms with Gasteiger partial charge in [-0.25, -0.2) is 9.59 Å². The molecule has 4 rings (SSSR count). The molecular formula is C23H20ClN3O5. The average molecular weight is 454 g/mol. The molecule has 0 unspecified atom stereocenters. The summed E-state index contributed by atoms with van der Waals surface area (Å²) in [6.07, 6.45) is 0.718. The van der Waals surface area contributed by atoms with E-state index in [0.717, 1.165) is 24.2 Å². The van der Waals surface area contributed by atoms with Gasteiger partial charge >= 0.3 is 11.9 Å². The standard InChI is InChI=1S/C23H20ClN3O5/c1-27-9-8-18-15(11-27)21(14-4-2-3-5-17(14)25-18)23(31)32-12-20(28)26-19-10-13(22(29)30)6-7-16(19)24/h2-7,10H,8-9,11-12H2,1H3,(H,26,28)(H,29,30). The maximum Gasteiger partial charge on any atom is 0.339 e. The van der Waals surface area contributed by atoms with E-state index in [9.17, 15) is 14.4 Å². The lowest BCUT2D eigenvalue weighted by Crippen LogP contribution is -2.30. The van der Waals surface area contributed by atoms with Crippen LogP contribution in [0.4, 0.5) is 5.69 Å². The highest BCUT2D eigenvalue weighted by atomic mass is 35.5. The number of carbonyl (C=O) groups excluding carboxylic acids is 2. The van der Waals surface area contributed by atoms with E-state index in [1.165, 1.54) is 18.2 Å². The Labute approximate surface area is 188 Å². The summed E-state index contributed by atoms with van der Waals surface area (Å²) in [5, 5.41) is 12.4. The van der Waals surface area contributed by atoms with E-state index in [1.807, 2.05) is 31.3 Å². The van der Waals surface area contributed by atoms with Crippen LogP contribution in [0.2, 0.25) is 5.02 Å². The highest BCUT2D eigenvalue weighted by Gasteiger charge is 2.26. The molecule has 0 saturated heterocycles. The molecule has 8 nitrogen and oxygen atoms in total. The van der Waals surface area contributed by atoms with E-state index >= 15 is 0 Å². The highest BCUT2D eigenvalue weighted by molar-refractivity contribution is 6.33. The number of halogens is 1. The molecule has 32 heavy (non-hydrogen) atoms. The Morgan fingerprint density at radius 2 is 2.00 bits per heavy atom. The van der Waals surface area contributed by atoms with Crippen molar-refractivity contribution in [1.29, 1.82) is 0 Å². The van der Waals surface area contributed by atoms with Crippen molar-refractivity contribution >= 4 is 46.0 Å². The van der Waals surface area contributed by atoms with Gasteiger partial charge in [-0.15, -0.1) is 0 Å². The number of ether oxygens (including phenoxy) is 1. The number of likely N-dealkylation sites (N-methyl/N-ethyl adjacent to an activating group) is 1. The third-order valence-corrected chi connectivity index (χ3v) is 5.59. The third kappa shape index (κ3) is 4.42. The molecule has 1 aromatic heterocycles. The molecule has 2 aromatic carbocycles. The second kappa shape index (κ2) is 8.94. The van der Waals surface area contributed by atoms with Crippen LogP contribution in [0.3, 0.4) is 0 Å². The van der Waals surface area contributed by atoms with Gasteiger partial charge in [-0.2, -0.15) is 0 Å². The molecule has 0 spiro atoms. The van der Waals surface area contributed by atoms with Crippen molar-refractivity contribution in [2.45, 2.75) is 13.0 Å². The largest absolute Gasteiger partial charge is 0.478 e. The number of anilines is 1. The number of nitrogens with one attached hydrogen (secondary N) is 1. The number of carboxylic acid groups (broad SMARTS) is 1. The molecule has 1 aliphatic heterocycles. The number of benzene rings is 2. The number of esters is 1. The van der Waals surface area contributed by atoms with Crippen molar-refractivity contribution in [1.82, 2.24) is 9.88 Å². The van der Waals surface area contributed by atoms with Gasteiger partial charge in [0, 0.05) is 36.2 Å². The van der Waals surface area contributed by atoms with Crippen molar-refractivity contribution in [2.24, 2.45) is 0 Å². The Morgan fingerprint density at radius 3 is 2.78 bits per heavy atom. The number of nitrogens with zero attached hydrogens (tertiary/aromatic N) is 2. The lowest BCUT2D eigenvalue weighted by Gasteiger charge is -2.26. The predicted octanol–water partition coefficient (Wildman–Crippen LogP) is 3.37. The SMILES string of the molecule is CN1CCc2nc3ccccc3c(C(=O)OCC(=O)Nc3cc(C(=O)O)ccc3Cl)c2C1. The van der Waals surface area contributed by atoms with E-state index in [-0.39, 0.29) is 16.3 Å². The zero-order valence-corrected chi connectivity index (χ0v) is 18.0. The monoisotopic (exact) mass is 453 g/mol. The fraction of sp³-hybridized carbons (Fsp3) is 0.217. The smallest absolute Gasteiger partial charge is 0.339 e. The lowest BCUT2D eigenvalue weighted by atomic mass is 9.96. The van der Waals surface area contributed by atoms with Crippen molar-refractivity contribution in [3.05, 3.63) is 69.9 Å². The first kappa shape index (κ1) is 21.7. The second-order valence-electron chi connectivity index (χ2n) is 7.54. The van der Waals surface area contributed by atoms with Gasteiger partial charge in [-0.05, 0) is 31.3 Å². The molecule has 1 aliphatic rings. The Bertz CT molecular complexity index is 1240. The molecule has 0 fully saturated rings. The molecule has 0 atom stereocenters. The average Bonchev–Trinajstić information content (AvgIpc) is 2.77. The van der Waals surface area contributed by atoms with Crippen LogP contribution in [0, 0.1) is 0 Å². The summed E-state index contributed by atoms with van der Waals surface area (Å²) in [7, 11) is 1.97. The molecular weight excluding hydrogens is 434 g/mol. The molecule has 0 saturated carbocycles. The van der Waals surface area contributed by atoms with Crippen LogP contribution < -0.4 is 5.32 Å². The van der Waals surface area contributed by atoms with Crippen molar-refractivity contribution < 1.29 is 24.2 Å². The Kier molecular flexibility index (Phi) is 6.07. The van der Waals surface area contributed by atoms with Gasteiger partial charge in [0.2, 0.25) is 0 Å². The molecule has 0 radical (unpaired) electrons. The van der Waals surface area contributed by atoms with Crippen molar-refractivity contribution in [3.63, 3.8) is 0 Å². The Hall–Kier alpha value is -3.49. The van der Waals surface area contributed by atoms with E-state index in [2.05, 4.69) is 10.2 Å². The minimum Gasteiger partial charge on any atom is -0.478 e. The zero-order chi connectivity index (χ0) is 22.8. The van der Waals surface area contributed by atoms with Gasteiger partial charge in [-0.3, -0.25) is 9.78 Å². The Morgan fingerprint density at radius 1 is 1.22 bits per heavy atom. The molecule has 3 aromatic rings. The van der Waals surface area contributed by atoms with Crippen LogP contribution in [-0.4, -0.2) is 53.0 Å². The fourth-order valence-corrected chi connectivity index (χ4v) is 3.87. The number of aromatic nitrogens is 1. The minimum absolute atomic E-state index is 0.0271. The number of rotatable bonds is 5. The number of carboxylic acids is 1. The molecule has 2 heterocycles. The number of hydrogen-bond acceptors (Lipinski definition) is 6. The van der Waals surface area contributed by atoms with E-state index in [1.54, 1.807) is 0 Å². The van der Waals surface area contributed by atoms with Gasteiger partial charge in [0.1, 0.15) is 0 Å². The third-order valence-electron chi connectivity index (χ3n) is 5.26.